The maximum Gasteiger partial charge on any atom is 0.273 e. The van der Waals surface area contributed by atoms with Crippen molar-refractivity contribution in [1.29, 1.82) is 0 Å². The maximum absolute atomic E-state index is 13.0. The number of amides is 1. The lowest BCUT2D eigenvalue weighted by Crippen LogP contribution is -2.42. The zero-order valence-corrected chi connectivity index (χ0v) is 16.2. The van der Waals surface area contributed by atoms with Crippen LogP contribution < -0.4 is 5.32 Å². The molecule has 27 heavy (non-hydrogen) atoms. The molecule has 0 saturated carbocycles. The zero-order chi connectivity index (χ0) is 18.6. The number of benzene rings is 1. The molecule has 1 aliphatic rings. The number of carbonyl (C=O) groups excluding carboxylic acids is 1. The highest BCUT2D eigenvalue weighted by molar-refractivity contribution is 7.13. The van der Waals surface area contributed by atoms with E-state index in [-0.39, 0.29) is 11.9 Å². The molecule has 0 bridgehead atoms. The Hall–Kier alpha value is -2.51. The van der Waals surface area contributed by atoms with E-state index < -0.39 is 0 Å². The Morgan fingerprint density at radius 1 is 1.37 bits per heavy atom. The van der Waals surface area contributed by atoms with Gasteiger partial charge in [-0.15, -0.1) is 11.3 Å². The molecule has 0 unspecified atom stereocenters. The fourth-order valence-electron chi connectivity index (χ4n) is 3.40. The molecule has 1 aromatic carbocycles. The molecule has 4 rings (SSSR count). The average molecular weight is 382 g/mol. The Morgan fingerprint density at radius 3 is 2.96 bits per heavy atom. The van der Waals surface area contributed by atoms with Gasteiger partial charge in [-0.3, -0.25) is 4.79 Å². The van der Waals surface area contributed by atoms with Gasteiger partial charge < -0.3 is 10.2 Å². The van der Waals surface area contributed by atoms with Crippen LogP contribution in [0, 0.1) is 0 Å². The van der Waals surface area contributed by atoms with E-state index in [0.717, 1.165) is 48.7 Å². The highest BCUT2D eigenvalue weighted by atomic mass is 32.1. The summed E-state index contributed by atoms with van der Waals surface area (Å²) in [5.74, 6) is 0.0310. The molecule has 0 radical (unpaired) electrons. The number of rotatable bonds is 6. The van der Waals surface area contributed by atoms with E-state index in [1.165, 1.54) is 11.3 Å². The molecule has 140 valence electrons. The topological polar surface area (TPSA) is 63.1 Å². The standard InChI is InChI=1S/C20H23N5OS/c1-2-10-24(17-8-9-21-12-17)20(26)18-14-27-19(23-18)15-11-22-25(13-15)16-6-4-3-5-7-16/h3-7,11,13-14,17,21H,2,8-10,12H2,1H3/t17-/m1/s1. The molecule has 0 aliphatic carbocycles. The molecule has 3 heterocycles. The summed E-state index contributed by atoms with van der Waals surface area (Å²) in [6.07, 6.45) is 5.70. The van der Waals surface area contributed by atoms with Crippen LogP contribution in [0.3, 0.4) is 0 Å². The van der Waals surface area contributed by atoms with Gasteiger partial charge in [-0.05, 0) is 31.5 Å². The van der Waals surface area contributed by atoms with Gasteiger partial charge in [0.05, 0.1) is 11.9 Å². The number of nitrogens with one attached hydrogen (secondary N) is 1. The first kappa shape index (κ1) is 17.9. The van der Waals surface area contributed by atoms with E-state index in [9.17, 15) is 4.79 Å². The summed E-state index contributed by atoms with van der Waals surface area (Å²) < 4.78 is 1.83. The van der Waals surface area contributed by atoms with E-state index in [2.05, 4.69) is 22.3 Å². The summed E-state index contributed by atoms with van der Waals surface area (Å²) in [7, 11) is 0. The average Bonchev–Trinajstić information content (AvgIpc) is 3.47. The Balaban J connectivity index is 1.54. The van der Waals surface area contributed by atoms with Crippen molar-refractivity contribution >= 4 is 17.2 Å². The van der Waals surface area contributed by atoms with E-state index in [0.29, 0.717) is 5.69 Å². The molecular formula is C20H23N5OS. The van der Waals surface area contributed by atoms with E-state index in [1.807, 2.05) is 51.5 Å². The predicted molar refractivity (Wildman–Crippen MR) is 107 cm³/mol. The largest absolute Gasteiger partial charge is 0.333 e. The van der Waals surface area contributed by atoms with Gasteiger partial charge in [0.2, 0.25) is 0 Å². The molecule has 3 aromatic rings. The summed E-state index contributed by atoms with van der Waals surface area (Å²) in [6.45, 7) is 4.71. The van der Waals surface area contributed by atoms with Crippen LogP contribution in [-0.2, 0) is 0 Å². The molecule has 1 saturated heterocycles. The number of hydrogen-bond donors (Lipinski definition) is 1. The Bertz CT molecular complexity index is 898. The summed E-state index contributed by atoms with van der Waals surface area (Å²) >= 11 is 1.49. The summed E-state index contributed by atoms with van der Waals surface area (Å²) in [4.78, 5) is 19.6. The lowest BCUT2D eigenvalue weighted by atomic mass is 10.2. The Kier molecular flexibility index (Phi) is 5.31. The number of para-hydroxylation sites is 1. The van der Waals surface area contributed by atoms with Crippen LogP contribution in [0.4, 0.5) is 0 Å². The van der Waals surface area contributed by atoms with E-state index in [4.69, 9.17) is 0 Å². The second-order valence-corrected chi connectivity index (χ2v) is 7.55. The SMILES string of the molecule is CCCN(C(=O)c1csc(-c2cnn(-c3ccccc3)c2)n1)[C@@H]1CCNC1. The molecule has 7 heteroatoms. The van der Waals surface area contributed by atoms with Crippen molar-refractivity contribution in [2.24, 2.45) is 0 Å². The maximum atomic E-state index is 13.0. The Morgan fingerprint density at radius 2 is 2.22 bits per heavy atom. The minimum Gasteiger partial charge on any atom is -0.333 e. The smallest absolute Gasteiger partial charge is 0.273 e. The first-order chi connectivity index (χ1) is 13.3. The van der Waals surface area contributed by atoms with Crippen LogP contribution in [0.2, 0.25) is 0 Å². The van der Waals surface area contributed by atoms with Gasteiger partial charge in [0.15, 0.2) is 0 Å². The third-order valence-corrected chi connectivity index (χ3v) is 5.67. The quantitative estimate of drug-likeness (QED) is 0.712. The zero-order valence-electron chi connectivity index (χ0n) is 15.3. The van der Waals surface area contributed by atoms with Crippen molar-refractivity contribution in [3.8, 4) is 16.3 Å². The number of aromatic nitrogens is 3. The summed E-state index contributed by atoms with van der Waals surface area (Å²) in [5.41, 5.74) is 2.45. The van der Waals surface area contributed by atoms with Gasteiger partial charge in [0.1, 0.15) is 10.7 Å². The highest BCUT2D eigenvalue weighted by Gasteiger charge is 2.28. The van der Waals surface area contributed by atoms with Crippen molar-refractivity contribution < 1.29 is 4.79 Å². The van der Waals surface area contributed by atoms with Crippen LogP contribution in [0.5, 0.6) is 0 Å². The van der Waals surface area contributed by atoms with Crippen LogP contribution in [0.1, 0.15) is 30.3 Å². The van der Waals surface area contributed by atoms with Gasteiger partial charge in [0.25, 0.3) is 5.91 Å². The fraction of sp³-hybridized carbons (Fsp3) is 0.350. The lowest BCUT2D eigenvalue weighted by molar-refractivity contribution is 0.0687. The number of hydrogen-bond acceptors (Lipinski definition) is 5. The molecule has 1 N–H and O–H groups in total. The third-order valence-electron chi connectivity index (χ3n) is 4.77. The van der Waals surface area contributed by atoms with E-state index in [1.54, 1.807) is 6.20 Å². The normalized spacial score (nSPS) is 16.6. The third kappa shape index (κ3) is 3.79. The first-order valence-corrected chi connectivity index (χ1v) is 10.2. The second-order valence-electron chi connectivity index (χ2n) is 6.69. The fourth-order valence-corrected chi connectivity index (χ4v) is 4.17. The van der Waals surface area contributed by atoms with E-state index >= 15 is 0 Å². The van der Waals surface area contributed by atoms with Crippen molar-refractivity contribution in [2.75, 3.05) is 19.6 Å². The van der Waals surface area contributed by atoms with Crippen molar-refractivity contribution in [2.45, 2.75) is 25.8 Å². The van der Waals surface area contributed by atoms with Gasteiger partial charge >= 0.3 is 0 Å². The monoisotopic (exact) mass is 381 g/mol. The van der Waals surface area contributed by atoms with Crippen molar-refractivity contribution in [3.63, 3.8) is 0 Å². The number of thiazole rings is 1. The molecule has 1 atom stereocenters. The molecule has 2 aromatic heterocycles. The van der Waals surface area contributed by atoms with Crippen LogP contribution in [-0.4, -0.2) is 51.2 Å². The molecule has 1 amide bonds. The summed E-state index contributed by atoms with van der Waals surface area (Å²) in [5, 5.41) is 10.5. The number of carbonyl (C=O) groups is 1. The molecular weight excluding hydrogens is 358 g/mol. The van der Waals surface area contributed by atoms with Crippen LogP contribution >= 0.6 is 11.3 Å². The van der Waals surface area contributed by atoms with Gasteiger partial charge in [0, 0.05) is 36.3 Å². The van der Waals surface area contributed by atoms with Gasteiger partial charge in [-0.25, -0.2) is 9.67 Å². The Labute approximate surface area is 162 Å². The molecule has 1 aliphatic heterocycles. The highest BCUT2D eigenvalue weighted by Crippen LogP contribution is 2.25. The molecule has 1 fully saturated rings. The molecule has 0 spiro atoms. The van der Waals surface area contributed by atoms with Gasteiger partial charge in [-0.2, -0.15) is 5.10 Å². The molecule has 6 nitrogen and oxygen atoms in total. The minimum atomic E-state index is 0.0310. The summed E-state index contributed by atoms with van der Waals surface area (Å²) in [6, 6.07) is 10.2. The number of nitrogens with zero attached hydrogens (tertiary/aromatic N) is 4. The second kappa shape index (κ2) is 8.02. The minimum absolute atomic E-state index is 0.0310. The lowest BCUT2D eigenvalue weighted by Gasteiger charge is -2.27. The van der Waals surface area contributed by atoms with Crippen LogP contribution in [0.25, 0.3) is 16.3 Å². The van der Waals surface area contributed by atoms with Crippen LogP contribution in [0.15, 0.2) is 48.1 Å². The predicted octanol–water partition coefficient (Wildman–Crippen LogP) is 3.21. The van der Waals surface area contributed by atoms with Crippen molar-refractivity contribution in [1.82, 2.24) is 25.0 Å². The van der Waals surface area contributed by atoms with Gasteiger partial charge in [-0.1, -0.05) is 25.1 Å². The van der Waals surface area contributed by atoms with Crippen molar-refractivity contribution in [3.05, 3.63) is 53.8 Å². The first-order valence-electron chi connectivity index (χ1n) is 9.34.